The average molecular weight is 301 g/mol. The molecule has 0 aliphatic rings. The van der Waals surface area contributed by atoms with E-state index in [0.29, 0.717) is 12.1 Å². The predicted molar refractivity (Wildman–Crippen MR) is 77.7 cm³/mol. The van der Waals surface area contributed by atoms with Crippen molar-refractivity contribution in [3.63, 3.8) is 0 Å². The van der Waals surface area contributed by atoms with Crippen LogP contribution < -0.4 is 4.72 Å². The van der Waals surface area contributed by atoms with Crippen LogP contribution >= 0.6 is 0 Å². The second kappa shape index (κ2) is 6.62. The van der Waals surface area contributed by atoms with Crippen LogP contribution in [-0.2, 0) is 16.6 Å². The molecule has 20 heavy (non-hydrogen) atoms. The van der Waals surface area contributed by atoms with Crippen molar-refractivity contribution < 1.29 is 13.5 Å². The van der Waals surface area contributed by atoms with E-state index in [1.54, 1.807) is 6.07 Å². The third-order valence-electron chi connectivity index (χ3n) is 2.74. The summed E-state index contributed by atoms with van der Waals surface area (Å²) >= 11 is 0. The normalized spacial score (nSPS) is 12.9. The van der Waals surface area contributed by atoms with Gasteiger partial charge in [-0.25, -0.2) is 18.1 Å². The Labute approximate surface area is 120 Å². The molecule has 7 heteroatoms. The molecule has 0 atom stereocenters. The zero-order valence-corrected chi connectivity index (χ0v) is 13.2. The molecule has 0 bridgehead atoms. The van der Waals surface area contributed by atoms with E-state index in [-0.39, 0.29) is 17.0 Å². The van der Waals surface area contributed by atoms with Crippen LogP contribution in [0.15, 0.2) is 23.4 Å². The van der Waals surface area contributed by atoms with Crippen LogP contribution in [0.4, 0.5) is 0 Å². The topological polar surface area (TPSA) is 82.5 Å². The highest BCUT2D eigenvalue weighted by molar-refractivity contribution is 7.89. The van der Waals surface area contributed by atoms with Gasteiger partial charge in [0.2, 0.25) is 0 Å². The summed E-state index contributed by atoms with van der Waals surface area (Å²) in [7, 11) is 0.284. The number of aliphatic hydroxyl groups excluding tert-OH is 1. The molecule has 0 aromatic carbocycles. The molecule has 1 rings (SSSR count). The van der Waals surface area contributed by atoms with Gasteiger partial charge in [-0.15, -0.1) is 0 Å². The van der Waals surface area contributed by atoms with Gasteiger partial charge in [0.25, 0.3) is 10.0 Å². The van der Waals surface area contributed by atoms with Crippen LogP contribution in [-0.4, -0.2) is 50.6 Å². The Kier molecular flexibility index (Phi) is 5.64. The van der Waals surface area contributed by atoms with Gasteiger partial charge in [-0.2, -0.15) is 0 Å². The van der Waals surface area contributed by atoms with E-state index in [1.165, 1.54) is 12.3 Å². The fourth-order valence-corrected chi connectivity index (χ4v) is 3.11. The van der Waals surface area contributed by atoms with Crippen molar-refractivity contribution in [1.29, 1.82) is 0 Å². The highest BCUT2D eigenvalue weighted by Crippen LogP contribution is 2.16. The van der Waals surface area contributed by atoms with Crippen molar-refractivity contribution in [1.82, 2.24) is 14.6 Å². The third kappa shape index (κ3) is 5.16. The van der Waals surface area contributed by atoms with Crippen molar-refractivity contribution >= 4 is 10.0 Å². The molecule has 1 aromatic rings. The molecule has 0 aliphatic heterocycles. The van der Waals surface area contributed by atoms with Crippen molar-refractivity contribution in [3.05, 3.63) is 23.9 Å². The number of aromatic nitrogens is 1. The molecule has 0 fully saturated rings. The molecule has 0 unspecified atom stereocenters. The van der Waals surface area contributed by atoms with E-state index in [2.05, 4.69) is 9.71 Å². The molecule has 1 heterocycles. The SMILES string of the molecule is CN(C)CC(C)(C)CNS(=O)(=O)c1ccc(CO)cn1. The first-order valence-corrected chi connectivity index (χ1v) is 7.85. The summed E-state index contributed by atoms with van der Waals surface area (Å²) in [5.41, 5.74) is 0.401. The summed E-state index contributed by atoms with van der Waals surface area (Å²) < 4.78 is 26.8. The maximum Gasteiger partial charge on any atom is 0.258 e. The average Bonchev–Trinajstić information content (AvgIpc) is 2.35. The van der Waals surface area contributed by atoms with Crippen LogP contribution in [0, 0.1) is 5.41 Å². The van der Waals surface area contributed by atoms with Crippen LogP contribution in [0.5, 0.6) is 0 Å². The summed E-state index contributed by atoms with van der Waals surface area (Å²) in [4.78, 5) is 5.88. The first kappa shape index (κ1) is 17.0. The molecule has 1 aromatic heterocycles. The molecule has 114 valence electrons. The Morgan fingerprint density at radius 3 is 2.45 bits per heavy atom. The fraction of sp³-hybridized carbons (Fsp3) is 0.615. The predicted octanol–water partition coefficient (Wildman–Crippen LogP) is 0.440. The maximum atomic E-state index is 12.1. The number of rotatable bonds is 7. The van der Waals surface area contributed by atoms with Gasteiger partial charge in [0.15, 0.2) is 5.03 Å². The van der Waals surface area contributed by atoms with E-state index in [9.17, 15) is 8.42 Å². The molecule has 0 saturated heterocycles. The Morgan fingerprint density at radius 1 is 1.35 bits per heavy atom. The zero-order valence-electron chi connectivity index (χ0n) is 12.4. The number of hydrogen-bond donors (Lipinski definition) is 2. The Balaban J connectivity index is 2.74. The largest absolute Gasteiger partial charge is 0.392 e. The molecule has 2 N–H and O–H groups in total. The van der Waals surface area contributed by atoms with E-state index in [4.69, 9.17) is 5.11 Å². The number of hydrogen-bond acceptors (Lipinski definition) is 5. The zero-order chi connectivity index (χ0) is 15.4. The van der Waals surface area contributed by atoms with Crippen molar-refractivity contribution in [2.75, 3.05) is 27.2 Å². The van der Waals surface area contributed by atoms with Gasteiger partial charge in [-0.1, -0.05) is 19.9 Å². The molecule has 0 amide bonds. The monoisotopic (exact) mass is 301 g/mol. The number of nitrogens with zero attached hydrogens (tertiary/aromatic N) is 2. The van der Waals surface area contributed by atoms with E-state index < -0.39 is 10.0 Å². The van der Waals surface area contributed by atoms with Gasteiger partial charge in [0.05, 0.1) is 6.61 Å². The fourth-order valence-electron chi connectivity index (χ4n) is 1.94. The van der Waals surface area contributed by atoms with Crippen LogP contribution in [0.1, 0.15) is 19.4 Å². The molecule has 0 spiro atoms. The lowest BCUT2D eigenvalue weighted by atomic mass is 9.93. The summed E-state index contributed by atoms with van der Waals surface area (Å²) in [6.07, 6.45) is 1.36. The number of sulfonamides is 1. The summed E-state index contributed by atoms with van der Waals surface area (Å²) in [5, 5.41) is 8.88. The minimum atomic E-state index is -3.62. The lowest BCUT2D eigenvalue weighted by Crippen LogP contribution is -2.40. The van der Waals surface area contributed by atoms with Gasteiger partial charge in [0, 0.05) is 19.3 Å². The lowest BCUT2D eigenvalue weighted by molar-refractivity contribution is 0.242. The van der Waals surface area contributed by atoms with E-state index in [1.807, 2.05) is 32.8 Å². The highest BCUT2D eigenvalue weighted by Gasteiger charge is 2.23. The molecular weight excluding hydrogens is 278 g/mol. The van der Waals surface area contributed by atoms with Crippen molar-refractivity contribution in [3.8, 4) is 0 Å². The second-order valence-corrected chi connectivity index (χ2v) is 7.60. The van der Waals surface area contributed by atoms with Gasteiger partial charge in [-0.05, 0) is 31.1 Å². The van der Waals surface area contributed by atoms with Crippen molar-refractivity contribution in [2.45, 2.75) is 25.5 Å². The van der Waals surface area contributed by atoms with E-state index in [0.717, 1.165) is 6.54 Å². The second-order valence-electron chi connectivity index (χ2n) is 5.89. The minimum Gasteiger partial charge on any atom is -0.392 e. The van der Waals surface area contributed by atoms with Crippen LogP contribution in [0.3, 0.4) is 0 Å². The Hall–Kier alpha value is -1.02. The highest BCUT2D eigenvalue weighted by atomic mass is 32.2. The van der Waals surface area contributed by atoms with Gasteiger partial charge < -0.3 is 10.0 Å². The minimum absolute atomic E-state index is 0.0321. The maximum absolute atomic E-state index is 12.1. The number of pyridine rings is 1. The quantitative estimate of drug-likeness (QED) is 0.763. The smallest absolute Gasteiger partial charge is 0.258 e. The summed E-state index contributed by atoms with van der Waals surface area (Å²) in [6.45, 7) is 4.94. The van der Waals surface area contributed by atoms with Crippen molar-refractivity contribution in [2.24, 2.45) is 5.41 Å². The standard InChI is InChI=1S/C13H23N3O3S/c1-13(2,10-16(3)4)9-15-20(18,19)12-6-5-11(8-17)7-14-12/h5-7,15,17H,8-10H2,1-4H3. The molecule has 0 aliphatic carbocycles. The van der Waals surface area contributed by atoms with Gasteiger partial charge in [-0.3, -0.25) is 0 Å². The number of aliphatic hydroxyl groups is 1. The lowest BCUT2D eigenvalue weighted by Gasteiger charge is -2.28. The summed E-state index contributed by atoms with van der Waals surface area (Å²) in [6, 6.07) is 2.94. The summed E-state index contributed by atoms with van der Waals surface area (Å²) in [5.74, 6) is 0. The molecular formula is C13H23N3O3S. The Bertz CT molecular complexity index is 524. The van der Waals surface area contributed by atoms with Gasteiger partial charge >= 0.3 is 0 Å². The number of nitrogens with one attached hydrogen (secondary N) is 1. The third-order valence-corrected chi connectivity index (χ3v) is 4.06. The Morgan fingerprint density at radius 2 is 2.00 bits per heavy atom. The first-order chi connectivity index (χ1) is 9.16. The first-order valence-electron chi connectivity index (χ1n) is 6.36. The molecule has 0 saturated carbocycles. The molecule has 0 radical (unpaired) electrons. The van der Waals surface area contributed by atoms with E-state index >= 15 is 0 Å². The molecule has 6 nitrogen and oxygen atoms in total. The van der Waals surface area contributed by atoms with Crippen LogP contribution in [0.25, 0.3) is 0 Å². The van der Waals surface area contributed by atoms with Crippen LogP contribution in [0.2, 0.25) is 0 Å². The van der Waals surface area contributed by atoms with Gasteiger partial charge in [0.1, 0.15) is 0 Å².